The van der Waals surface area contributed by atoms with E-state index in [2.05, 4.69) is 5.32 Å². The SMILES string of the molecule is CNC(=O)CCC(C=O)N1Cc2cc(C(=O)N[C@H](c3ccc(F)cc3Cl)C(F)(F)F)ccc2C1=O. The van der Waals surface area contributed by atoms with Crippen LogP contribution in [0.2, 0.25) is 5.02 Å². The molecule has 35 heavy (non-hydrogen) atoms. The van der Waals surface area contributed by atoms with E-state index in [4.69, 9.17) is 11.6 Å². The number of amides is 3. The zero-order valence-corrected chi connectivity index (χ0v) is 19.0. The molecule has 2 aromatic rings. The van der Waals surface area contributed by atoms with E-state index in [1.54, 1.807) is 0 Å². The van der Waals surface area contributed by atoms with E-state index in [1.807, 2.05) is 5.32 Å². The molecular weight excluding hydrogens is 494 g/mol. The fourth-order valence-corrected chi connectivity index (χ4v) is 4.02. The minimum Gasteiger partial charge on any atom is -0.359 e. The van der Waals surface area contributed by atoms with Crippen LogP contribution in [0.5, 0.6) is 0 Å². The van der Waals surface area contributed by atoms with Crippen LogP contribution in [0, 0.1) is 5.82 Å². The van der Waals surface area contributed by atoms with Gasteiger partial charge in [-0.1, -0.05) is 17.7 Å². The molecule has 1 unspecified atom stereocenters. The number of nitrogens with zero attached hydrogens (tertiary/aromatic N) is 1. The number of fused-ring (bicyclic) bond motifs is 1. The molecule has 12 heteroatoms. The lowest BCUT2D eigenvalue weighted by Crippen LogP contribution is -2.38. The Kier molecular flexibility index (Phi) is 7.79. The van der Waals surface area contributed by atoms with Crippen LogP contribution in [-0.4, -0.2) is 48.2 Å². The second-order valence-corrected chi connectivity index (χ2v) is 8.24. The van der Waals surface area contributed by atoms with Crippen LogP contribution in [0.1, 0.15) is 50.7 Å². The van der Waals surface area contributed by atoms with Crippen molar-refractivity contribution in [1.29, 1.82) is 0 Å². The molecule has 0 aromatic heterocycles. The zero-order chi connectivity index (χ0) is 25.9. The first-order chi connectivity index (χ1) is 16.5. The van der Waals surface area contributed by atoms with Crippen molar-refractivity contribution in [3.63, 3.8) is 0 Å². The minimum absolute atomic E-state index is 0.0124. The van der Waals surface area contributed by atoms with Crippen LogP contribution in [0.4, 0.5) is 17.6 Å². The Morgan fingerprint density at radius 2 is 1.91 bits per heavy atom. The van der Waals surface area contributed by atoms with Crippen molar-refractivity contribution in [3.8, 4) is 0 Å². The Morgan fingerprint density at radius 3 is 2.51 bits per heavy atom. The molecule has 1 aliphatic rings. The fraction of sp³-hybridized carbons (Fsp3) is 0.304. The van der Waals surface area contributed by atoms with E-state index in [-0.39, 0.29) is 36.4 Å². The van der Waals surface area contributed by atoms with E-state index >= 15 is 0 Å². The summed E-state index contributed by atoms with van der Waals surface area (Å²) in [6.07, 6.45) is -4.29. The van der Waals surface area contributed by atoms with Crippen LogP contribution in [0.3, 0.4) is 0 Å². The maximum Gasteiger partial charge on any atom is 0.412 e. The van der Waals surface area contributed by atoms with Gasteiger partial charge in [0.1, 0.15) is 12.1 Å². The number of benzene rings is 2. The van der Waals surface area contributed by atoms with Crippen LogP contribution >= 0.6 is 11.6 Å². The topological polar surface area (TPSA) is 95.6 Å². The molecule has 3 rings (SSSR count). The number of carbonyl (C=O) groups is 4. The molecule has 2 N–H and O–H groups in total. The van der Waals surface area contributed by atoms with Gasteiger partial charge in [0, 0.05) is 41.7 Å². The summed E-state index contributed by atoms with van der Waals surface area (Å²) >= 11 is 5.78. The molecule has 1 aliphatic heterocycles. The summed E-state index contributed by atoms with van der Waals surface area (Å²) in [6, 6.07) is 2.71. The van der Waals surface area contributed by atoms with Gasteiger partial charge < -0.3 is 20.3 Å². The van der Waals surface area contributed by atoms with Crippen molar-refractivity contribution in [2.45, 2.75) is 37.6 Å². The van der Waals surface area contributed by atoms with E-state index in [1.165, 1.54) is 30.1 Å². The maximum absolute atomic E-state index is 13.7. The molecule has 0 radical (unpaired) electrons. The van der Waals surface area contributed by atoms with Gasteiger partial charge in [0.25, 0.3) is 11.8 Å². The molecule has 0 saturated carbocycles. The second-order valence-electron chi connectivity index (χ2n) is 7.83. The zero-order valence-electron chi connectivity index (χ0n) is 18.3. The third-order valence-electron chi connectivity index (χ3n) is 5.58. The lowest BCUT2D eigenvalue weighted by Gasteiger charge is -2.23. The van der Waals surface area contributed by atoms with Gasteiger partial charge in [-0.05, 0) is 42.3 Å². The number of halogens is 5. The van der Waals surface area contributed by atoms with Gasteiger partial charge in [0.05, 0.1) is 6.04 Å². The summed E-state index contributed by atoms with van der Waals surface area (Å²) in [4.78, 5) is 49.7. The molecule has 0 aliphatic carbocycles. The molecule has 0 spiro atoms. The van der Waals surface area contributed by atoms with Crippen molar-refractivity contribution < 1.29 is 36.7 Å². The number of nitrogens with one attached hydrogen (secondary N) is 2. The molecule has 2 atom stereocenters. The predicted molar refractivity (Wildman–Crippen MR) is 117 cm³/mol. The number of rotatable bonds is 8. The lowest BCUT2D eigenvalue weighted by molar-refractivity contribution is -0.155. The first-order valence-corrected chi connectivity index (χ1v) is 10.8. The Bertz CT molecular complexity index is 1170. The molecular formula is C23H20ClF4N3O4. The van der Waals surface area contributed by atoms with Gasteiger partial charge in [0.15, 0.2) is 6.04 Å². The summed E-state index contributed by atoms with van der Waals surface area (Å²) in [7, 11) is 1.44. The monoisotopic (exact) mass is 513 g/mol. The summed E-state index contributed by atoms with van der Waals surface area (Å²) in [5.41, 5.74) is -0.139. The lowest BCUT2D eigenvalue weighted by atomic mass is 10.0. The Labute approximate surface area is 202 Å². The number of hydrogen-bond acceptors (Lipinski definition) is 4. The van der Waals surface area contributed by atoms with Gasteiger partial charge >= 0.3 is 6.18 Å². The van der Waals surface area contributed by atoms with Crippen molar-refractivity contribution in [2.75, 3.05) is 7.05 Å². The maximum atomic E-state index is 13.7. The Morgan fingerprint density at radius 1 is 1.20 bits per heavy atom. The van der Waals surface area contributed by atoms with Crippen molar-refractivity contribution >= 4 is 35.6 Å². The highest BCUT2D eigenvalue weighted by atomic mass is 35.5. The highest BCUT2D eigenvalue weighted by molar-refractivity contribution is 6.31. The average molecular weight is 514 g/mol. The number of carbonyl (C=O) groups excluding carboxylic acids is 4. The highest BCUT2D eigenvalue weighted by Crippen LogP contribution is 2.37. The van der Waals surface area contributed by atoms with E-state index in [9.17, 15) is 36.7 Å². The summed E-state index contributed by atoms with van der Waals surface area (Å²) in [5.74, 6) is -2.72. The number of aldehydes is 1. The van der Waals surface area contributed by atoms with Crippen molar-refractivity contribution in [3.05, 3.63) is 69.5 Å². The van der Waals surface area contributed by atoms with Gasteiger partial charge in [-0.15, -0.1) is 0 Å². The standard InChI is InChI=1S/C23H20ClF4N3O4/c1-29-19(33)7-4-15(11-32)31-10-13-8-12(2-5-16(13)22(31)35)21(34)30-20(23(26,27)28)17-6-3-14(25)9-18(17)24/h2-3,5-6,8-9,11,15,20H,4,7,10H2,1H3,(H,29,33)(H,30,34)/t15?,20-/m1/s1. The second kappa shape index (κ2) is 10.4. The third kappa shape index (κ3) is 5.79. The first-order valence-electron chi connectivity index (χ1n) is 10.4. The average Bonchev–Trinajstić information content (AvgIpc) is 3.13. The van der Waals surface area contributed by atoms with Crippen LogP contribution in [0.15, 0.2) is 36.4 Å². The summed E-state index contributed by atoms with van der Waals surface area (Å²) < 4.78 is 54.3. The van der Waals surface area contributed by atoms with E-state index < -0.39 is 46.5 Å². The number of hydrogen-bond donors (Lipinski definition) is 2. The van der Waals surface area contributed by atoms with Gasteiger partial charge in [-0.3, -0.25) is 14.4 Å². The molecule has 1 heterocycles. The van der Waals surface area contributed by atoms with Crippen molar-refractivity contribution in [2.24, 2.45) is 0 Å². The fourth-order valence-electron chi connectivity index (χ4n) is 3.74. The van der Waals surface area contributed by atoms with Crippen LogP contribution in [-0.2, 0) is 16.1 Å². The van der Waals surface area contributed by atoms with E-state index in [0.717, 1.165) is 12.1 Å². The predicted octanol–water partition coefficient (Wildman–Crippen LogP) is 3.56. The molecule has 186 valence electrons. The molecule has 0 bridgehead atoms. The van der Waals surface area contributed by atoms with Crippen molar-refractivity contribution in [1.82, 2.24) is 15.5 Å². The first kappa shape index (κ1) is 26.1. The third-order valence-corrected chi connectivity index (χ3v) is 5.91. The summed E-state index contributed by atoms with van der Waals surface area (Å²) in [5, 5.41) is 3.78. The molecule has 3 amide bonds. The van der Waals surface area contributed by atoms with Crippen LogP contribution < -0.4 is 10.6 Å². The van der Waals surface area contributed by atoms with Gasteiger partial charge in [-0.2, -0.15) is 13.2 Å². The summed E-state index contributed by atoms with van der Waals surface area (Å²) in [6.45, 7) is -0.0566. The smallest absolute Gasteiger partial charge is 0.359 e. The quantitative estimate of drug-likeness (QED) is 0.417. The molecule has 7 nitrogen and oxygen atoms in total. The molecule has 0 saturated heterocycles. The van der Waals surface area contributed by atoms with Crippen LogP contribution in [0.25, 0.3) is 0 Å². The van der Waals surface area contributed by atoms with Gasteiger partial charge in [0.2, 0.25) is 5.91 Å². The number of alkyl halides is 3. The minimum atomic E-state index is -4.93. The Hall–Kier alpha value is -3.47. The normalized spacial score (nSPS) is 14.8. The molecule has 0 fully saturated rings. The highest BCUT2D eigenvalue weighted by Gasteiger charge is 2.43. The Balaban J connectivity index is 1.81. The largest absolute Gasteiger partial charge is 0.412 e. The molecule has 2 aromatic carbocycles. The van der Waals surface area contributed by atoms with E-state index in [0.29, 0.717) is 17.9 Å². The van der Waals surface area contributed by atoms with Gasteiger partial charge in [-0.25, -0.2) is 4.39 Å².